The van der Waals surface area contributed by atoms with E-state index in [0.29, 0.717) is 40.6 Å². The normalized spacial score (nSPS) is 17.9. The molecular formula is C26H21BrO5. The molecule has 2 aliphatic rings. The van der Waals surface area contributed by atoms with Crippen molar-refractivity contribution in [3.8, 4) is 23.0 Å². The first-order valence-electron chi connectivity index (χ1n) is 10.3. The summed E-state index contributed by atoms with van der Waals surface area (Å²) in [6, 6.07) is 19.2. The Balaban J connectivity index is 1.59. The number of fused-ring (bicyclic) bond motifs is 2. The molecule has 162 valence electrons. The summed E-state index contributed by atoms with van der Waals surface area (Å²) in [5.41, 5.74) is 3.32. The highest BCUT2D eigenvalue weighted by atomic mass is 79.9. The van der Waals surface area contributed by atoms with E-state index in [0.717, 1.165) is 21.3 Å². The van der Waals surface area contributed by atoms with Crippen molar-refractivity contribution in [2.45, 2.75) is 19.3 Å². The van der Waals surface area contributed by atoms with Crippen molar-refractivity contribution < 1.29 is 23.7 Å². The van der Waals surface area contributed by atoms with Crippen LogP contribution < -0.4 is 18.9 Å². The highest BCUT2D eigenvalue weighted by Crippen LogP contribution is 2.48. The third kappa shape index (κ3) is 3.75. The zero-order valence-corrected chi connectivity index (χ0v) is 19.3. The SMILES string of the molecule is COc1ccc([C@@H]2C/C(=C(\C)C(=O)c3cccc(Br)c3)Oc3cc4c(cc32)OCO4)cc1. The van der Waals surface area contributed by atoms with Crippen molar-refractivity contribution in [3.05, 3.63) is 93.2 Å². The maximum absolute atomic E-state index is 13.2. The third-order valence-electron chi connectivity index (χ3n) is 5.87. The van der Waals surface area contributed by atoms with Gasteiger partial charge in [-0.2, -0.15) is 0 Å². The van der Waals surface area contributed by atoms with Gasteiger partial charge in [0.1, 0.15) is 17.3 Å². The molecule has 0 spiro atoms. The third-order valence-corrected chi connectivity index (χ3v) is 6.36. The average molecular weight is 493 g/mol. The summed E-state index contributed by atoms with van der Waals surface area (Å²) in [5.74, 6) is 3.43. The molecule has 3 aromatic carbocycles. The highest BCUT2D eigenvalue weighted by molar-refractivity contribution is 9.10. The van der Waals surface area contributed by atoms with Crippen LogP contribution in [-0.2, 0) is 0 Å². The van der Waals surface area contributed by atoms with E-state index in [9.17, 15) is 4.79 Å². The smallest absolute Gasteiger partial charge is 0.231 e. The van der Waals surface area contributed by atoms with Gasteiger partial charge < -0.3 is 18.9 Å². The molecule has 0 unspecified atom stereocenters. The highest BCUT2D eigenvalue weighted by Gasteiger charge is 2.32. The first-order chi connectivity index (χ1) is 15.5. The molecule has 0 saturated heterocycles. The fraction of sp³-hybridized carbons (Fsp3) is 0.192. The Morgan fingerprint density at radius 3 is 2.47 bits per heavy atom. The largest absolute Gasteiger partial charge is 0.497 e. The number of ether oxygens (including phenoxy) is 4. The summed E-state index contributed by atoms with van der Waals surface area (Å²) in [7, 11) is 1.65. The molecule has 32 heavy (non-hydrogen) atoms. The first kappa shape index (κ1) is 20.6. The molecule has 0 fully saturated rings. The van der Waals surface area contributed by atoms with Gasteiger partial charge in [-0.05, 0) is 42.8 Å². The quantitative estimate of drug-likeness (QED) is 0.317. The van der Waals surface area contributed by atoms with Gasteiger partial charge in [0.2, 0.25) is 6.79 Å². The van der Waals surface area contributed by atoms with Crippen LogP contribution in [0.25, 0.3) is 0 Å². The van der Waals surface area contributed by atoms with E-state index in [1.165, 1.54) is 0 Å². The topological polar surface area (TPSA) is 54.0 Å². The van der Waals surface area contributed by atoms with Crippen LogP contribution in [0, 0.1) is 0 Å². The summed E-state index contributed by atoms with van der Waals surface area (Å²) < 4.78 is 23.6. The lowest BCUT2D eigenvalue weighted by Gasteiger charge is -2.29. The number of carbonyl (C=O) groups excluding carboxylic acids is 1. The van der Waals surface area contributed by atoms with Crippen LogP contribution in [0.3, 0.4) is 0 Å². The van der Waals surface area contributed by atoms with Gasteiger partial charge in [-0.15, -0.1) is 0 Å². The fourth-order valence-corrected chi connectivity index (χ4v) is 4.50. The van der Waals surface area contributed by atoms with Gasteiger partial charge in [0.15, 0.2) is 17.3 Å². The second-order valence-electron chi connectivity index (χ2n) is 7.76. The summed E-state index contributed by atoms with van der Waals surface area (Å²) >= 11 is 3.44. The number of carbonyl (C=O) groups is 1. The van der Waals surface area contributed by atoms with E-state index in [-0.39, 0.29) is 18.5 Å². The van der Waals surface area contributed by atoms with E-state index in [2.05, 4.69) is 15.9 Å². The van der Waals surface area contributed by atoms with Crippen LogP contribution in [0.1, 0.15) is 40.7 Å². The molecule has 1 atom stereocenters. The maximum atomic E-state index is 13.2. The predicted octanol–water partition coefficient (Wildman–Crippen LogP) is 6.26. The number of methoxy groups -OCH3 is 1. The Bertz CT molecular complexity index is 1230. The van der Waals surface area contributed by atoms with E-state index in [1.807, 2.05) is 67.6 Å². The summed E-state index contributed by atoms with van der Waals surface area (Å²) in [4.78, 5) is 13.2. The second-order valence-corrected chi connectivity index (χ2v) is 8.68. The minimum Gasteiger partial charge on any atom is -0.497 e. The molecule has 5 rings (SSSR count). The van der Waals surface area contributed by atoms with Crippen molar-refractivity contribution in [2.24, 2.45) is 0 Å². The van der Waals surface area contributed by atoms with E-state index in [4.69, 9.17) is 18.9 Å². The zero-order valence-electron chi connectivity index (χ0n) is 17.7. The summed E-state index contributed by atoms with van der Waals surface area (Å²) in [6.07, 6.45) is 0.560. The van der Waals surface area contributed by atoms with Crippen molar-refractivity contribution >= 4 is 21.7 Å². The number of hydrogen-bond acceptors (Lipinski definition) is 5. The Kier molecular flexibility index (Phi) is 5.39. The lowest BCUT2D eigenvalue weighted by molar-refractivity contribution is 0.102. The van der Waals surface area contributed by atoms with Crippen LogP contribution in [0.5, 0.6) is 23.0 Å². The molecule has 6 heteroatoms. The molecule has 0 bridgehead atoms. The fourth-order valence-electron chi connectivity index (χ4n) is 4.11. The van der Waals surface area contributed by atoms with E-state index >= 15 is 0 Å². The molecule has 3 aromatic rings. The van der Waals surface area contributed by atoms with Gasteiger partial charge >= 0.3 is 0 Å². The lowest BCUT2D eigenvalue weighted by Crippen LogP contribution is -2.17. The number of halogens is 1. The average Bonchev–Trinajstić information content (AvgIpc) is 3.28. The monoisotopic (exact) mass is 492 g/mol. The zero-order chi connectivity index (χ0) is 22.2. The van der Waals surface area contributed by atoms with Crippen LogP contribution in [-0.4, -0.2) is 19.7 Å². The number of benzene rings is 3. The second kappa shape index (κ2) is 8.36. The molecule has 0 amide bonds. The van der Waals surface area contributed by atoms with Gasteiger partial charge in [-0.3, -0.25) is 4.79 Å². The molecule has 0 saturated carbocycles. The molecule has 2 aliphatic heterocycles. The molecule has 0 aromatic heterocycles. The lowest BCUT2D eigenvalue weighted by atomic mass is 9.84. The standard InChI is InChI=1S/C26H21BrO5/c1-15(26(28)17-4-3-5-18(27)10-17)22-11-20(16-6-8-19(29-2)9-7-16)21-12-24-25(31-14-30-24)13-23(21)32-22/h3-10,12-13,20H,11,14H2,1-2H3/b22-15-/t20-/m0/s1. The number of hydrogen-bond donors (Lipinski definition) is 0. The Labute approximate surface area is 194 Å². The van der Waals surface area contributed by atoms with Crippen LogP contribution in [0.15, 0.2) is 76.5 Å². The molecule has 0 N–H and O–H groups in total. The van der Waals surface area contributed by atoms with Crippen molar-refractivity contribution in [1.29, 1.82) is 0 Å². The van der Waals surface area contributed by atoms with Crippen molar-refractivity contribution in [2.75, 3.05) is 13.9 Å². The molecular weight excluding hydrogens is 472 g/mol. The number of allylic oxidation sites excluding steroid dienone is 2. The summed E-state index contributed by atoms with van der Waals surface area (Å²) in [6.45, 7) is 2.01. The Morgan fingerprint density at radius 1 is 1.00 bits per heavy atom. The van der Waals surface area contributed by atoms with Gasteiger partial charge in [0.25, 0.3) is 0 Å². The molecule has 2 heterocycles. The number of ketones is 1. The molecule has 0 radical (unpaired) electrons. The van der Waals surface area contributed by atoms with Crippen molar-refractivity contribution in [3.63, 3.8) is 0 Å². The van der Waals surface area contributed by atoms with E-state index in [1.54, 1.807) is 7.11 Å². The maximum Gasteiger partial charge on any atom is 0.231 e. The van der Waals surface area contributed by atoms with Crippen LogP contribution >= 0.6 is 15.9 Å². The Hall–Kier alpha value is -3.25. The molecule has 0 aliphatic carbocycles. The Morgan fingerprint density at radius 2 is 1.75 bits per heavy atom. The van der Waals surface area contributed by atoms with Gasteiger partial charge in [0, 0.05) is 39.6 Å². The van der Waals surface area contributed by atoms with Crippen molar-refractivity contribution in [1.82, 2.24) is 0 Å². The van der Waals surface area contributed by atoms with Gasteiger partial charge in [-0.25, -0.2) is 0 Å². The minimum absolute atomic E-state index is 0.000541. The minimum atomic E-state index is -0.0565. The number of Topliss-reactive ketones (excluding diaryl/α,β-unsaturated/α-hetero) is 1. The van der Waals surface area contributed by atoms with Gasteiger partial charge in [0.05, 0.1) is 7.11 Å². The molecule has 5 nitrogen and oxygen atoms in total. The van der Waals surface area contributed by atoms with Crippen LogP contribution in [0.2, 0.25) is 0 Å². The number of rotatable bonds is 4. The predicted molar refractivity (Wildman–Crippen MR) is 124 cm³/mol. The summed E-state index contributed by atoms with van der Waals surface area (Å²) in [5, 5.41) is 0. The van der Waals surface area contributed by atoms with Gasteiger partial charge in [-0.1, -0.05) is 40.2 Å². The van der Waals surface area contributed by atoms with Crippen LogP contribution in [0.4, 0.5) is 0 Å². The first-order valence-corrected chi connectivity index (χ1v) is 11.1. The van der Waals surface area contributed by atoms with E-state index < -0.39 is 0 Å².